The molecule has 0 bridgehead atoms. The molecular formula is C10H12F3NO2S. The van der Waals surface area contributed by atoms with Crippen molar-refractivity contribution in [3.63, 3.8) is 0 Å². The maximum atomic E-state index is 12.6. The van der Waals surface area contributed by atoms with Gasteiger partial charge in [0.2, 0.25) is 0 Å². The molecule has 1 rings (SSSR count). The molecule has 0 atom stereocenters. The van der Waals surface area contributed by atoms with Crippen LogP contribution in [0.15, 0.2) is 0 Å². The summed E-state index contributed by atoms with van der Waals surface area (Å²) in [5.74, 6) is -0.959. The number of aryl methyl sites for hydroxylation is 1. The summed E-state index contributed by atoms with van der Waals surface area (Å²) < 4.78 is 42.5. The van der Waals surface area contributed by atoms with Gasteiger partial charge in [0, 0.05) is 0 Å². The van der Waals surface area contributed by atoms with Crippen molar-refractivity contribution in [3.8, 4) is 0 Å². The van der Waals surface area contributed by atoms with Crippen LogP contribution in [0, 0.1) is 0 Å². The maximum Gasteiger partial charge on any atom is 0.435 e. The van der Waals surface area contributed by atoms with Crippen LogP contribution < -0.4 is 0 Å². The highest BCUT2D eigenvalue weighted by Crippen LogP contribution is 2.35. The zero-order valence-corrected chi connectivity index (χ0v) is 10.2. The molecule has 3 nitrogen and oxygen atoms in total. The summed E-state index contributed by atoms with van der Waals surface area (Å²) in [5, 5.41) is 0.308. The number of aromatic nitrogens is 1. The van der Waals surface area contributed by atoms with Gasteiger partial charge < -0.3 is 4.74 Å². The summed E-state index contributed by atoms with van der Waals surface area (Å²) in [4.78, 5) is 14.4. The molecule has 0 spiro atoms. The van der Waals surface area contributed by atoms with Gasteiger partial charge in [-0.1, -0.05) is 6.92 Å². The number of carbonyl (C=O) groups excluding carboxylic acids is 1. The van der Waals surface area contributed by atoms with Crippen LogP contribution in [-0.4, -0.2) is 17.6 Å². The lowest BCUT2D eigenvalue weighted by Crippen LogP contribution is -2.13. The number of nitrogens with zero attached hydrogens (tertiary/aromatic N) is 1. The lowest BCUT2D eigenvalue weighted by atomic mass is 10.3. The highest BCUT2D eigenvalue weighted by atomic mass is 32.1. The Bertz CT molecular complexity index is 401. The third-order valence-electron chi connectivity index (χ3n) is 1.86. The molecule has 1 aromatic heterocycles. The van der Waals surface area contributed by atoms with E-state index >= 15 is 0 Å². The summed E-state index contributed by atoms with van der Waals surface area (Å²) in [6, 6.07) is 0. The maximum absolute atomic E-state index is 12.6. The standard InChI is InChI=1S/C10H12F3NO2S/c1-3-5-6-14-8(10(11,12)13)7(17-6)9(15)16-4-2/h3-5H2,1-2H3. The highest BCUT2D eigenvalue weighted by Gasteiger charge is 2.39. The van der Waals surface area contributed by atoms with Crippen LogP contribution in [0.3, 0.4) is 0 Å². The van der Waals surface area contributed by atoms with E-state index < -0.39 is 22.7 Å². The van der Waals surface area contributed by atoms with Gasteiger partial charge in [-0.3, -0.25) is 0 Å². The van der Waals surface area contributed by atoms with Crippen LogP contribution in [0.5, 0.6) is 0 Å². The molecule has 0 saturated carbocycles. The second-order valence-electron chi connectivity index (χ2n) is 3.25. The van der Waals surface area contributed by atoms with E-state index in [9.17, 15) is 18.0 Å². The molecular weight excluding hydrogens is 255 g/mol. The number of hydrogen-bond acceptors (Lipinski definition) is 4. The molecule has 0 fully saturated rings. The van der Waals surface area contributed by atoms with Crippen molar-refractivity contribution >= 4 is 17.3 Å². The van der Waals surface area contributed by atoms with Crippen molar-refractivity contribution in [1.82, 2.24) is 4.98 Å². The molecule has 0 N–H and O–H groups in total. The number of ether oxygens (including phenoxy) is 1. The molecule has 0 amide bonds. The molecule has 0 aliphatic rings. The van der Waals surface area contributed by atoms with E-state index in [4.69, 9.17) is 0 Å². The first-order valence-electron chi connectivity index (χ1n) is 5.14. The van der Waals surface area contributed by atoms with E-state index in [1.807, 2.05) is 6.92 Å². The Morgan fingerprint density at radius 2 is 2.06 bits per heavy atom. The van der Waals surface area contributed by atoms with Gasteiger partial charge in [0.05, 0.1) is 11.6 Å². The minimum atomic E-state index is -4.62. The van der Waals surface area contributed by atoms with Crippen molar-refractivity contribution in [3.05, 3.63) is 15.6 Å². The van der Waals surface area contributed by atoms with Gasteiger partial charge in [-0.15, -0.1) is 11.3 Å². The second kappa shape index (κ2) is 5.48. The molecule has 1 aromatic rings. The Labute approximate surface area is 101 Å². The smallest absolute Gasteiger partial charge is 0.435 e. The molecule has 17 heavy (non-hydrogen) atoms. The van der Waals surface area contributed by atoms with E-state index in [1.54, 1.807) is 6.92 Å². The quantitative estimate of drug-likeness (QED) is 0.786. The number of halogens is 3. The summed E-state index contributed by atoms with van der Waals surface area (Å²) in [6.07, 6.45) is -3.52. The second-order valence-corrected chi connectivity index (χ2v) is 4.34. The Balaban J connectivity index is 3.12. The van der Waals surface area contributed by atoms with Crippen molar-refractivity contribution in [2.75, 3.05) is 6.61 Å². The monoisotopic (exact) mass is 267 g/mol. The molecule has 1 heterocycles. The van der Waals surface area contributed by atoms with E-state index in [-0.39, 0.29) is 6.61 Å². The zero-order valence-electron chi connectivity index (χ0n) is 9.43. The first-order valence-corrected chi connectivity index (χ1v) is 5.95. The summed E-state index contributed by atoms with van der Waals surface area (Å²) in [5.41, 5.74) is -1.13. The SMILES string of the molecule is CCCc1nc(C(F)(F)F)c(C(=O)OCC)s1. The van der Waals surface area contributed by atoms with Crippen molar-refractivity contribution in [2.24, 2.45) is 0 Å². The minimum absolute atomic E-state index is 0.0388. The van der Waals surface area contributed by atoms with Crippen LogP contribution in [0.1, 0.15) is 40.6 Å². The first-order chi connectivity index (χ1) is 7.90. The van der Waals surface area contributed by atoms with E-state index in [2.05, 4.69) is 9.72 Å². The third kappa shape index (κ3) is 3.42. The number of rotatable bonds is 4. The predicted octanol–water partition coefficient (Wildman–Crippen LogP) is 3.29. The molecule has 0 radical (unpaired) electrons. The Hall–Kier alpha value is -1.11. The van der Waals surface area contributed by atoms with Gasteiger partial charge in [0.25, 0.3) is 0 Å². The molecule has 0 aromatic carbocycles. The van der Waals surface area contributed by atoms with Gasteiger partial charge in [-0.25, -0.2) is 9.78 Å². The number of carbonyl (C=O) groups is 1. The molecule has 0 unspecified atom stereocenters. The zero-order chi connectivity index (χ0) is 13.1. The number of thiazole rings is 1. The van der Waals surface area contributed by atoms with E-state index in [1.165, 1.54) is 0 Å². The molecule has 0 saturated heterocycles. The Morgan fingerprint density at radius 3 is 2.53 bits per heavy atom. The van der Waals surface area contributed by atoms with Gasteiger partial charge in [0.15, 0.2) is 5.69 Å². The van der Waals surface area contributed by atoms with E-state index in [0.29, 0.717) is 17.8 Å². The van der Waals surface area contributed by atoms with Crippen LogP contribution in [-0.2, 0) is 17.3 Å². The number of hydrogen-bond donors (Lipinski definition) is 0. The topological polar surface area (TPSA) is 39.2 Å². The fourth-order valence-electron chi connectivity index (χ4n) is 1.21. The Morgan fingerprint density at radius 1 is 1.41 bits per heavy atom. The van der Waals surface area contributed by atoms with Crippen molar-refractivity contribution in [1.29, 1.82) is 0 Å². The lowest BCUT2D eigenvalue weighted by molar-refractivity contribution is -0.141. The summed E-state index contributed by atoms with van der Waals surface area (Å²) in [7, 11) is 0. The van der Waals surface area contributed by atoms with Crippen LogP contribution in [0.4, 0.5) is 13.2 Å². The molecule has 0 aliphatic carbocycles. The average molecular weight is 267 g/mol. The molecule has 0 aliphatic heterocycles. The van der Waals surface area contributed by atoms with E-state index in [0.717, 1.165) is 11.3 Å². The summed E-state index contributed by atoms with van der Waals surface area (Å²) >= 11 is 0.753. The number of esters is 1. The normalized spacial score (nSPS) is 11.6. The van der Waals surface area contributed by atoms with Gasteiger partial charge in [-0.05, 0) is 19.8 Å². The largest absolute Gasteiger partial charge is 0.462 e. The van der Waals surface area contributed by atoms with Crippen LogP contribution in [0.25, 0.3) is 0 Å². The lowest BCUT2D eigenvalue weighted by Gasteiger charge is -2.05. The fraction of sp³-hybridized carbons (Fsp3) is 0.600. The third-order valence-corrected chi connectivity index (χ3v) is 2.96. The van der Waals surface area contributed by atoms with Gasteiger partial charge >= 0.3 is 12.1 Å². The Kier molecular flexibility index (Phi) is 4.50. The minimum Gasteiger partial charge on any atom is -0.462 e. The van der Waals surface area contributed by atoms with Crippen molar-refractivity contribution < 1.29 is 22.7 Å². The average Bonchev–Trinajstić information content (AvgIpc) is 2.62. The van der Waals surface area contributed by atoms with Gasteiger partial charge in [-0.2, -0.15) is 13.2 Å². The van der Waals surface area contributed by atoms with Crippen LogP contribution in [0.2, 0.25) is 0 Å². The highest BCUT2D eigenvalue weighted by molar-refractivity contribution is 7.13. The molecule has 7 heteroatoms. The molecule has 96 valence electrons. The van der Waals surface area contributed by atoms with Crippen molar-refractivity contribution in [2.45, 2.75) is 32.9 Å². The first kappa shape index (κ1) is 14.0. The number of alkyl halides is 3. The van der Waals surface area contributed by atoms with Gasteiger partial charge in [0.1, 0.15) is 4.88 Å². The predicted molar refractivity (Wildman–Crippen MR) is 57.1 cm³/mol. The van der Waals surface area contributed by atoms with Crippen LogP contribution >= 0.6 is 11.3 Å². The fourth-order valence-corrected chi connectivity index (χ4v) is 2.29. The summed E-state index contributed by atoms with van der Waals surface area (Å²) in [6.45, 7) is 3.41.